The van der Waals surface area contributed by atoms with Gasteiger partial charge in [0.05, 0.1) is 22.3 Å². The van der Waals surface area contributed by atoms with E-state index in [0.29, 0.717) is 0 Å². The van der Waals surface area contributed by atoms with Gasteiger partial charge in [-0.2, -0.15) is 0 Å². The van der Waals surface area contributed by atoms with E-state index >= 15 is 0 Å². The van der Waals surface area contributed by atoms with Gasteiger partial charge in [-0.15, -0.1) is 0 Å². The first kappa shape index (κ1) is 43.1. The summed E-state index contributed by atoms with van der Waals surface area (Å²) in [5.74, 6) is 0. The van der Waals surface area contributed by atoms with Gasteiger partial charge in [-0.3, -0.25) is 8.88 Å². The number of phosphoric acid groups is 3. The first-order valence-corrected chi connectivity index (χ1v) is 8.65. The fraction of sp³-hybridized carbons (Fsp3) is 0.600. The third-order valence-electron chi connectivity index (χ3n) is 1.39. The van der Waals surface area contributed by atoms with Crippen molar-refractivity contribution in [2.45, 2.75) is 13.0 Å². The Morgan fingerprint density at radius 3 is 1.54 bits per heavy atom. The normalized spacial score (nSPS) is 14.1. The Labute approximate surface area is 250 Å². The fourth-order valence-electron chi connectivity index (χ4n) is 0.724. The smallest absolute Gasteiger partial charge is 0.790 e. The van der Waals surface area contributed by atoms with Crippen molar-refractivity contribution in [1.82, 2.24) is 0 Å². The van der Waals surface area contributed by atoms with Crippen LogP contribution in [-0.4, -0.2) is 12.7 Å². The molecule has 24 heavy (non-hydrogen) atoms. The zero-order valence-electron chi connectivity index (χ0n) is 14.3. The molecule has 0 saturated carbocycles. The largest absolute Gasteiger partial charge is 1.00 e. The molecule has 114 valence electrons. The molecule has 0 aromatic heterocycles. The van der Waals surface area contributed by atoms with Crippen LogP contribution in [0.25, 0.3) is 0 Å². The molecule has 0 aromatic rings. The summed E-state index contributed by atoms with van der Waals surface area (Å²) in [6.45, 7) is 3.28. The standard InChI is InChI=1S/C5H13O11P3.5Na/c1-4(2)5(15-17(6,7)8)3-14-19(12,13)16-18(9,10)11;;;;;/h5H,1,3H2,2H3,(H,12,13)(H2,6,7,8)(H2,9,10,11);;;;;/q;5*+1/p-5. The van der Waals surface area contributed by atoms with Crippen molar-refractivity contribution < 1.29 is 199 Å². The van der Waals surface area contributed by atoms with Gasteiger partial charge in [-0.05, 0) is 12.5 Å². The van der Waals surface area contributed by atoms with Crippen molar-refractivity contribution >= 4 is 23.5 Å². The monoisotopic (exact) mass is 452 g/mol. The van der Waals surface area contributed by atoms with Gasteiger partial charge in [0.1, 0.15) is 6.10 Å². The topological polar surface area (TPSA) is 194 Å². The quantitative estimate of drug-likeness (QED) is 0.193. The Balaban J connectivity index is -0.000000162. The van der Waals surface area contributed by atoms with Gasteiger partial charge >= 0.3 is 148 Å². The van der Waals surface area contributed by atoms with Gasteiger partial charge in [0, 0.05) is 0 Å². The molecule has 0 radical (unpaired) electrons. The summed E-state index contributed by atoms with van der Waals surface area (Å²) >= 11 is 0. The minimum absolute atomic E-state index is 0. The fourth-order valence-corrected chi connectivity index (χ4v) is 2.76. The van der Waals surface area contributed by atoms with Crippen molar-refractivity contribution in [3.8, 4) is 0 Å². The van der Waals surface area contributed by atoms with Crippen LogP contribution in [-0.2, 0) is 27.1 Å². The summed E-state index contributed by atoms with van der Waals surface area (Å²) in [7, 11) is -16.8. The molecule has 11 nitrogen and oxygen atoms in total. The molecule has 0 fully saturated rings. The van der Waals surface area contributed by atoms with Crippen LogP contribution in [0.2, 0.25) is 0 Å². The minimum Gasteiger partial charge on any atom is -0.790 e. The molecular formula is C5H8Na5O11P3. The Morgan fingerprint density at radius 1 is 0.917 bits per heavy atom. The van der Waals surface area contributed by atoms with E-state index in [-0.39, 0.29) is 153 Å². The van der Waals surface area contributed by atoms with Crippen molar-refractivity contribution in [1.29, 1.82) is 0 Å². The molecule has 0 heterocycles. The van der Waals surface area contributed by atoms with E-state index in [1.165, 1.54) is 6.92 Å². The maximum absolute atomic E-state index is 10.8. The maximum Gasteiger partial charge on any atom is 1.00 e. The predicted octanol–water partition coefficient (Wildman–Crippen LogP) is -17.9. The van der Waals surface area contributed by atoms with Crippen LogP contribution in [0.4, 0.5) is 0 Å². The van der Waals surface area contributed by atoms with Crippen LogP contribution in [0, 0.1) is 0 Å². The second-order valence-electron chi connectivity index (χ2n) is 3.16. The van der Waals surface area contributed by atoms with Crippen LogP contribution in [0.5, 0.6) is 0 Å². The Hall–Kier alpha value is 5.11. The Bertz CT molecular complexity index is 477. The Kier molecular flexibility index (Phi) is 33.8. The zero-order valence-corrected chi connectivity index (χ0v) is 27.0. The van der Waals surface area contributed by atoms with Gasteiger partial charge in [0.15, 0.2) is 0 Å². The number of phosphoric ester groups is 2. The van der Waals surface area contributed by atoms with E-state index in [1.54, 1.807) is 0 Å². The van der Waals surface area contributed by atoms with Gasteiger partial charge in [0.25, 0.3) is 7.82 Å². The van der Waals surface area contributed by atoms with Crippen LogP contribution in [0.15, 0.2) is 12.2 Å². The molecule has 0 rings (SSSR count). The third kappa shape index (κ3) is 27.1. The third-order valence-corrected chi connectivity index (χ3v) is 3.97. The van der Waals surface area contributed by atoms with Gasteiger partial charge in [-0.25, -0.2) is 0 Å². The molecule has 0 amide bonds. The summed E-state index contributed by atoms with van der Waals surface area (Å²) in [5.41, 5.74) is -0.0978. The van der Waals surface area contributed by atoms with Crippen LogP contribution in [0.1, 0.15) is 6.92 Å². The first-order valence-electron chi connectivity index (χ1n) is 4.27. The van der Waals surface area contributed by atoms with E-state index in [0.717, 1.165) is 0 Å². The summed E-state index contributed by atoms with van der Waals surface area (Å²) in [5, 5.41) is 0. The van der Waals surface area contributed by atoms with E-state index in [1.807, 2.05) is 0 Å². The van der Waals surface area contributed by atoms with Gasteiger partial charge in [-0.1, -0.05) is 6.58 Å². The van der Waals surface area contributed by atoms with E-state index in [4.69, 9.17) is 0 Å². The van der Waals surface area contributed by atoms with E-state index in [9.17, 15) is 38.2 Å². The molecule has 0 aromatic carbocycles. The predicted molar refractivity (Wildman–Crippen MR) is 49.5 cm³/mol. The molecule has 0 bridgehead atoms. The Morgan fingerprint density at radius 2 is 1.29 bits per heavy atom. The van der Waals surface area contributed by atoms with E-state index < -0.39 is 36.2 Å². The van der Waals surface area contributed by atoms with Crippen molar-refractivity contribution in [2.75, 3.05) is 6.61 Å². The second-order valence-corrected chi connectivity index (χ2v) is 6.96. The molecule has 2 atom stereocenters. The molecule has 0 aliphatic rings. The number of hydrogen-bond donors (Lipinski definition) is 0. The molecule has 0 aliphatic heterocycles. The summed E-state index contributed by atoms with van der Waals surface area (Å²) in [6, 6.07) is 0. The van der Waals surface area contributed by atoms with Gasteiger partial charge in [0.2, 0.25) is 0 Å². The molecule has 0 aliphatic carbocycles. The molecule has 19 heteroatoms. The average molecular weight is 452 g/mol. The van der Waals surface area contributed by atoms with Crippen LogP contribution >= 0.6 is 23.5 Å². The SMILES string of the molecule is C=C(C)C(COP(=O)([O-])OP(=O)([O-])[O-])OP(=O)([O-])[O-].[Na+].[Na+].[Na+].[Na+].[Na+]. The second kappa shape index (κ2) is 18.8. The summed E-state index contributed by atoms with van der Waals surface area (Å²) in [6.07, 6.45) is -1.68. The van der Waals surface area contributed by atoms with Crippen molar-refractivity contribution in [3.05, 3.63) is 12.2 Å². The average Bonchev–Trinajstić information content (AvgIpc) is 2.05. The molecule has 2 unspecified atom stereocenters. The summed E-state index contributed by atoms with van der Waals surface area (Å²) in [4.78, 5) is 51.6. The number of rotatable bonds is 8. The zero-order chi connectivity index (χ0) is 15.5. The van der Waals surface area contributed by atoms with Gasteiger partial charge < -0.3 is 42.6 Å². The maximum atomic E-state index is 10.8. The van der Waals surface area contributed by atoms with E-state index in [2.05, 4.69) is 19.9 Å². The van der Waals surface area contributed by atoms with Crippen molar-refractivity contribution in [2.24, 2.45) is 0 Å². The number of hydrogen-bond acceptors (Lipinski definition) is 11. The first-order chi connectivity index (χ1) is 8.22. The van der Waals surface area contributed by atoms with Crippen molar-refractivity contribution in [3.63, 3.8) is 0 Å². The van der Waals surface area contributed by atoms with Crippen LogP contribution in [0.3, 0.4) is 0 Å². The van der Waals surface area contributed by atoms with Crippen LogP contribution < -0.4 is 172 Å². The molecule has 0 saturated heterocycles. The minimum atomic E-state index is -5.85. The summed E-state index contributed by atoms with van der Waals surface area (Å²) < 4.78 is 42.1. The molecule has 0 spiro atoms. The molecular weight excluding hydrogens is 444 g/mol. The molecule has 0 N–H and O–H groups in total.